The lowest BCUT2D eigenvalue weighted by Gasteiger charge is -2.23. The van der Waals surface area contributed by atoms with Gasteiger partial charge in [0.2, 0.25) is 0 Å². The van der Waals surface area contributed by atoms with Crippen LogP contribution in [0.2, 0.25) is 0 Å². The molecule has 1 heteroatoms. The highest BCUT2D eigenvalue weighted by Crippen LogP contribution is 2.54. The lowest BCUT2D eigenvalue weighted by Crippen LogP contribution is -2.04. The molecule has 3 aliphatic rings. The van der Waals surface area contributed by atoms with E-state index in [0.717, 1.165) is 17.1 Å². The molecule has 1 nitrogen and oxygen atoms in total. The van der Waals surface area contributed by atoms with E-state index in [4.69, 9.17) is 4.74 Å². The van der Waals surface area contributed by atoms with Crippen molar-refractivity contribution in [3.05, 3.63) is 150 Å². The topological polar surface area (TPSA) is 9.23 Å². The average molecular weight is 497 g/mol. The van der Waals surface area contributed by atoms with E-state index in [-0.39, 0.29) is 0 Å². The molecule has 0 bridgehead atoms. The molecule has 182 valence electrons. The smallest absolute Gasteiger partial charge is 0.135 e. The maximum absolute atomic E-state index is 6.37. The zero-order valence-corrected chi connectivity index (χ0v) is 21.3. The monoisotopic (exact) mass is 496 g/mol. The second-order valence-electron chi connectivity index (χ2n) is 10.8. The van der Waals surface area contributed by atoms with Crippen LogP contribution in [0.4, 0.5) is 0 Å². The van der Waals surface area contributed by atoms with Crippen LogP contribution < -0.4 is 4.74 Å². The Labute approximate surface area is 227 Å². The Balaban J connectivity index is 1.25. The second kappa shape index (κ2) is 7.82. The van der Waals surface area contributed by atoms with Crippen LogP contribution in [0.1, 0.15) is 28.5 Å². The van der Waals surface area contributed by atoms with Crippen LogP contribution in [-0.2, 0) is 0 Å². The fraction of sp³-hybridized carbons (Fsp3) is 0.0526. The minimum Gasteiger partial charge on any atom is -0.456 e. The van der Waals surface area contributed by atoms with Crippen LogP contribution in [0.3, 0.4) is 0 Å². The lowest BCUT2D eigenvalue weighted by atomic mass is 9.82. The molecule has 2 aliphatic carbocycles. The molecule has 2 atom stereocenters. The summed E-state index contributed by atoms with van der Waals surface area (Å²) >= 11 is 0. The molecule has 9 rings (SSSR count). The SMILES string of the molecule is C1=CC2c3ccc(-c4ccc5c6c(cccc46)-c4ccccc4O5)c4cccc(c34)C2C=C1c1ccccc1. The number of fused-ring (bicyclic) bond motifs is 5. The number of allylic oxidation sites excluding steroid dienone is 4. The van der Waals surface area contributed by atoms with E-state index in [1.807, 2.05) is 6.07 Å². The van der Waals surface area contributed by atoms with Crippen molar-refractivity contribution in [2.24, 2.45) is 0 Å². The Morgan fingerprint density at radius 1 is 0.462 bits per heavy atom. The number of hydrogen-bond donors (Lipinski definition) is 0. The number of para-hydroxylation sites is 1. The molecule has 39 heavy (non-hydrogen) atoms. The molecule has 0 aromatic heterocycles. The summed E-state index contributed by atoms with van der Waals surface area (Å²) in [4.78, 5) is 0. The number of ether oxygens (including phenoxy) is 1. The third-order valence-electron chi connectivity index (χ3n) is 8.85. The molecule has 0 radical (unpaired) electrons. The Morgan fingerprint density at radius 3 is 2.08 bits per heavy atom. The standard InChI is InChI=1S/C38H24O/c1-2-8-23(9-3-1)24-16-17-27-33-19-18-25(29-11-6-14-32(37(29)33)34(27)22-24)26-20-21-36-38-30(26)12-7-13-31(38)28-10-4-5-15-35(28)39-36/h1-22,27,34H. The van der Waals surface area contributed by atoms with Crippen molar-refractivity contribution < 1.29 is 4.74 Å². The Bertz CT molecular complexity index is 2040. The van der Waals surface area contributed by atoms with E-state index < -0.39 is 0 Å². The summed E-state index contributed by atoms with van der Waals surface area (Å²) < 4.78 is 6.37. The summed E-state index contributed by atoms with van der Waals surface area (Å²) in [5, 5.41) is 5.19. The zero-order chi connectivity index (χ0) is 25.5. The van der Waals surface area contributed by atoms with E-state index >= 15 is 0 Å². The van der Waals surface area contributed by atoms with Crippen molar-refractivity contribution in [1.82, 2.24) is 0 Å². The Hall–Kier alpha value is -4.88. The van der Waals surface area contributed by atoms with Gasteiger partial charge in [-0.15, -0.1) is 0 Å². The summed E-state index contributed by atoms with van der Waals surface area (Å²) in [6, 6.07) is 41.7. The molecule has 1 aliphatic heterocycles. The lowest BCUT2D eigenvalue weighted by molar-refractivity contribution is 0.487. The molecule has 0 spiro atoms. The highest BCUT2D eigenvalue weighted by molar-refractivity contribution is 6.14. The van der Waals surface area contributed by atoms with Gasteiger partial charge in [0.05, 0.1) is 0 Å². The third-order valence-corrected chi connectivity index (χ3v) is 8.85. The van der Waals surface area contributed by atoms with Crippen LogP contribution in [0, 0.1) is 0 Å². The van der Waals surface area contributed by atoms with Gasteiger partial charge in [-0.2, -0.15) is 0 Å². The first kappa shape index (κ1) is 21.1. The quantitative estimate of drug-likeness (QED) is 0.231. The highest BCUT2D eigenvalue weighted by Gasteiger charge is 2.34. The average Bonchev–Trinajstić information content (AvgIpc) is 3.33. The van der Waals surface area contributed by atoms with Crippen molar-refractivity contribution in [2.45, 2.75) is 11.8 Å². The number of benzene rings is 6. The maximum atomic E-state index is 6.37. The fourth-order valence-electron chi connectivity index (χ4n) is 7.15. The van der Waals surface area contributed by atoms with Gasteiger partial charge in [0, 0.05) is 22.8 Å². The summed E-state index contributed by atoms with van der Waals surface area (Å²) in [5.41, 5.74) is 10.4. The van der Waals surface area contributed by atoms with Crippen LogP contribution in [0.25, 0.3) is 49.4 Å². The summed E-state index contributed by atoms with van der Waals surface area (Å²) in [6.45, 7) is 0. The van der Waals surface area contributed by atoms with Crippen molar-refractivity contribution in [1.29, 1.82) is 0 Å². The van der Waals surface area contributed by atoms with E-state index in [9.17, 15) is 0 Å². The first-order chi connectivity index (χ1) is 19.3. The molecule has 0 saturated heterocycles. The molecule has 0 amide bonds. The predicted molar refractivity (Wildman–Crippen MR) is 161 cm³/mol. The number of rotatable bonds is 2. The molecule has 0 fully saturated rings. The summed E-state index contributed by atoms with van der Waals surface area (Å²) in [7, 11) is 0. The minimum atomic E-state index is 0.361. The van der Waals surface area contributed by atoms with Crippen LogP contribution in [0.5, 0.6) is 11.5 Å². The van der Waals surface area contributed by atoms with Gasteiger partial charge >= 0.3 is 0 Å². The molecule has 2 unspecified atom stereocenters. The van der Waals surface area contributed by atoms with E-state index in [0.29, 0.717) is 11.8 Å². The molecule has 6 aromatic carbocycles. The van der Waals surface area contributed by atoms with Crippen molar-refractivity contribution in [3.8, 4) is 33.8 Å². The van der Waals surface area contributed by atoms with E-state index in [1.54, 1.807) is 0 Å². The van der Waals surface area contributed by atoms with E-state index in [1.165, 1.54) is 60.5 Å². The van der Waals surface area contributed by atoms with Gasteiger partial charge in [-0.25, -0.2) is 0 Å². The summed E-state index contributed by atoms with van der Waals surface area (Å²) in [5.74, 6) is 2.60. The van der Waals surface area contributed by atoms with Crippen LogP contribution in [0.15, 0.2) is 133 Å². The van der Waals surface area contributed by atoms with Gasteiger partial charge in [0.25, 0.3) is 0 Å². The van der Waals surface area contributed by atoms with Gasteiger partial charge in [-0.05, 0) is 67.2 Å². The fourth-order valence-corrected chi connectivity index (χ4v) is 7.15. The van der Waals surface area contributed by atoms with Crippen LogP contribution >= 0.6 is 0 Å². The molecule has 6 aromatic rings. The molecule has 0 N–H and O–H groups in total. The predicted octanol–water partition coefficient (Wildman–Crippen LogP) is 10.3. The van der Waals surface area contributed by atoms with Crippen molar-refractivity contribution in [3.63, 3.8) is 0 Å². The first-order valence-electron chi connectivity index (χ1n) is 13.7. The van der Waals surface area contributed by atoms with E-state index in [2.05, 4.69) is 127 Å². The molecule has 1 heterocycles. The van der Waals surface area contributed by atoms with Gasteiger partial charge < -0.3 is 4.74 Å². The highest BCUT2D eigenvalue weighted by atomic mass is 16.5. The van der Waals surface area contributed by atoms with Gasteiger partial charge in [0.15, 0.2) is 0 Å². The Kier molecular flexibility index (Phi) is 4.23. The largest absolute Gasteiger partial charge is 0.456 e. The first-order valence-corrected chi connectivity index (χ1v) is 13.7. The maximum Gasteiger partial charge on any atom is 0.135 e. The molecular weight excluding hydrogens is 472 g/mol. The summed E-state index contributed by atoms with van der Waals surface area (Å²) in [6.07, 6.45) is 7.20. The van der Waals surface area contributed by atoms with Crippen molar-refractivity contribution >= 4 is 27.1 Å². The van der Waals surface area contributed by atoms with Gasteiger partial charge in [0.1, 0.15) is 11.5 Å². The zero-order valence-electron chi connectivity index (χ0n) is 21.3. The normalized spacial score (nSPS) is 18.0. The number of hydrogen-bond acceptors (Lipinski definition) is 1. The molecular formula is C38H24O. The second-order valence-corrected chi connectivity index (χ2v) is 10.8. The molecule has 0 saturated carbocycles. The third kappa shape index (κ3) is 2.90. The van der Waals surface area contributed by atoms with Crippen LogP contribution in [-0.4, -0.2) is 0 Å². The van der Waals surface area contributed by atoms with Gasteiger partial charge in [-0.1, -0.05) is 121 Å². The Morgan fingerprint density at radius 2 is 1.18 bits per heavy atom. The van der Waals surface area contributed by atoms with Crippen molar-refractivity contribution in [2.75, 3.05) is 0 Å². The minimum absolute atomic E-state index is 0.361. The van der Waals surface area contributed by atoms with Gasteiger partial charge in [-0.3, -0.25) is 0 Å².